The van der Waals surface area contributed by atoms with Gasteiger partial charge in [-0.1, -0.05) is 66.4 Å². The summed E-state index contributed by atoms with van der Waals surface area (Å²) in [6.07, 6.45) is 0. The van der Waals surface area contributed by atoms with Crippen LogP contribution < -0.4 is 0 Å². The van der Waals surface area contributed by atoms with E-state index in [9.17, 15) is 8.42 Å². The Hall–Kier alpha value is -2.54. The Balaban J connectivity index is 1.98. The first-order valence-corrected chi connectivity index (χ1v) is 11.6. The molecule has 0 fully saturated rings. The SMILES string of the molecule is CCOCc1c(Sc2ccccc2)c2ccccc2n1S(=O)(=O)c1ccccc1. The van der Waals surface area contributed by atoms with Crippen molar-refractivity contribution in [3.63, 3.8) is 0 Å². The van der Waals surface area contributed by atoms with E-state index in [1.807, 2.05) is 67.6 Å². The van der Waals surface area contributed by atoms with Gasteiger partial charge in [0.1, 0.15) is 0 Å². The van der Waals surface area contributed by atoms with Gasteiger partial charge in [-0.3, -0.25) is 0 Å². The third kappa shape index (κ3) is 3.83. The summed E-state index contributed by atoms with van der Waals surface area (Å²) in [4.78, 5) is 2.21. The second-order valence-electron chi connectivity index (χ2n) is 6.43. The largest absolute Gasteiger partial charge is 0.375 e. The number of fused-ring (bicyclic) bond motifs is 1. The van der Waals surface area contributed by atoms with Crippen molar-refractivity contribution in [1.82, 2.24) is 3.97 Å². The second-order valence-corrected chi connectivity index (χ2v) is 9.30. The summed E-state index contributed by atoms with van der Waals surface area (Å²) in [6.45, 7) is 2.62. The molecule has 0 spiro atoms. The van der Waals surface area contributed by atoms with Crippen LogP contribution in [0.15, 0.2) is 99.6 Å². The third-order valence-electron chi connectivity index (χ3n) is 4.56. The van der Waals surface area contributed by atoms with E-state index in [0.717, 1.165) is 15.2 Å². The van der Waals surface area contributed by atoms with Crippen LogP contribution in [0.25, 0.3) is 10.9 Å². The van der Waals surface area contributed by atoms with Gasteiger partial charge in [0.2, 0.25) is 0 Å². The highest BCUT2D eigenvalue weighted by Gasteiger charge is 2.27. The van der Waals surface area contributed by atoms with Crippen molar-refractivity contribution < 1.29 is 13.2 Å². The van der Waals surface area contributed by atoms with Gasteiger partial charge < -0.3 is 4.74 Å². The summed E-state index contributed by atoms with van der Waals surface area (Å²) in [5.41, 5.74) is 1.30. The van der Waals surface area contributed by atoms with E-state index in [4.69, 9.17) is 4.74 Å². The van der Waals surface area contributed by atoms with Crippen LogP contribution in [0.3, 0.4) is 0 Å². The molecule has 0 amide bonds. The van der Waals surface area contributed by atoms with Gasteiger partial charge in [0.15, 0.2) is 0 Å². The smallest absolute Gasteiger partial charge is 0.268 e. The molecule has 29 heavy (non-hydrogen) atoms. The molecule has 0 aliphatic heterocycles. The van der Waals surface area contributed by atoms with E-state index < -0.39 is 10.0 Å². The first-order valence-electron chi connectivity index (χ1n) is 9.36. The maximum Gasteiger partial charge on any atom is 0.268 e. The lowest BCUT2D eigenvalue weighted by molar-refractivity contribution is 0.129. The number of para-hydroxylation sites is 1. The molecule has 0 unspecified atom stereocenters. The fourth-order valence-corrected chi connectivity index (χ4v) is 5.95. The highest BCUT2D eigenvalue weighted by atomic mass is 32.2. The van der Waals surface area contributed by atoms with Crippen molar-refractivity contribution in [2.75, 3.05) is 6.61 Å². The molecular formula is C23H21NO3S2. The standard InChI is InChI=1S/C23H21NO3S2/c1-2-27-17-22-23(28-18-11-5-3-6-12-18)20-15-9-10-16-21(20)24(22)29(25,26)19-13-7-4-8-14-19/h3-16H,2,17H2,1H3. The number of benzene rings is 3. The van der Waals surface area contributed by atoms with Crippen LogP contribution in [-0.2, 0) is 21.4 Å². The topological polar surface area (TPSA) is 48.3 Å². The Labute approximate surface area is 175 Å². The first kappa shape index (κ1) is 19.8. The summed E-state index contributed by atoms with van der Waals surface area (Å²) in [5, 5.41) is 0.899. The van der Waals surface area contributed by atoms with Crippen LogP contribution in [-0.4, -0.2) is 19.0 Å². The zero-order valence-electron chi connectivity index (χ0n) is 16.0. The molecule has 4 rings (SSSR count). The summed E-state index contributed by atoms with van der Waals surface area (Å²) >= 11 is 1.56. The predicted molar refractivity (Wildman–Crippen MR) is 117 cm³/mol. The zero-order chi connectivity index (χ0) is 20.3. The van der Waals surface area contributed by atoms with Gasteiger partial charge in [0.25, 0.3) is 10.0 Å². The molecule has 0 aliphatic carbocycles. The minimum Gasteiger partial charge on any atom is -0.375 e. The molecule has 0 aliphatic rings. The quantitative estimate of drug-likeness (QED) is 0.390. The minimum absolute atomic E-state index is 0.215. The number of nitrogens with zero attached hydrogens (tertiary/aromatic N) is 1. The molecule has 3 aromatic carbocycles. The molecule has 0 bridgehead atoms. The summed E-state index contributed by atoms with van der Waals surface area (Å²) in [6, 6.07) is 26.1. The summed E-state index contributed by atoms with van der Waals surface area (Å²) in [5.74, 6) is 0. The second kappa shape index (κ2) is 8.45. The highest BCUT2D eigenvalue weighted by molar-refractivity contribution is 7.99. The Kier molecular flexibility index (Phi) is 5.76. The van der Waals surface area contributed by atoms with Gasteiger partial charge in [-0.2, -0.15) is 0 Å². The zero-order valence-corrected chi connectivity index (χ0v) is 17.6. The monoisotopic (exact) mass is 423 g/mol. The van der Waals surface area contributed by atoms with Crippen LogP contribution in [0.4, 0.5) is 0 Å². The first-order chi connectivity index (χ1) is 14.1. The lowest BCUT2D eigenvalue weighted by atomic mass is 10.2. The summed E-state index contributed by atoms with van der Waals surface area (Å²) < 4.78 is 34.3. The van der Waals surface area contributed by atoms with Gasteiger partial charge in [0.05, 0.1) is 22.7 Å². The van der Waals surface area contributed by atoms with Crippen LogP contribution in [0.5, 0.6) is 0 Å². The van der Waals surface area contributed by atoms with Crippen LogP contribution >= 0.6 is 11.8 Å². The molecule has 4 nitrogen and oxygen atoms in total. The van der Waals surface area contributed by atoms with Gasteiger partial charge >= 0.3 is 0 Å². The van der Waals surface area contributed by atoms with Crippen LogP contribution in [0.1, 0.15) is 12.6 Å². The van der Waals surface area contributed by atoms with E-state index in [1.165, 1.54) is 3.97 Å². The number of aromatic nitrogens is 1. The Morgan fingerprint density at radius 3 is 2.17 bits per heavy atom. The Morgan fingerprint density at radius 1 is 0.862 bits per heavy atom. The maximum absolute atomic E-state index is 13.6. The van der Waals surface area contributed by atoms with Crippen LogP contribution in [0, 0.1) is 0 Å². The molecule has 0 saturated heterocycles. The Morgan fingerprint density at radius 2 is 1.48 bits per heavy atom. The molecule has 6 heteroatoms. The average Bonchev–Trinajstić information content (AvgIpc) is 3.07. The van der Waals surface area contributed by atoms with Gasteiger partial charge in [-0.15, -0.1) is 0 Å². The predicted octanol–water partition coefficient (Wildman–Crippen LogP) is 5.57. The van der Waals surface area contributed by atoms with Gasteiger partial charge in [-0.05, 0) is 37.3 Å². The van der Waals surface area contributed by atoms with Crippen LogP contribution in [0.2, 0.25) is 0 Å². The molecule has 0 saturated carbocycles. The number of hydrogen-bond acceptors (Lipinski definition) is 4. The third-order valence-corrected chi connectivity index (χ3v) is 7.50. The molecule has 1 heterocycles. The van der Waals surface area contributed by atoms with Crippen molar-refractivity contribution in [1.29, 1.82) is 0 Å². The molecule has 1 aromatic heterocycles. The summed E-state index contributed by atoms with van der Waals surface area (Å²) in [7, 11) is -3.77. The molecule has 0 atom stereocenters. The van der Waals surface area contributed by atoms with Crippen molar-refractivity contribution in [2.24, 2.45) is 0 Å². The van der Waals surface area contributed by atoms with E-state index in [2.05, 4.69) is 0 Å². The molecular weight excluding hydrogens is 402 g/mol. The molecule has 148 valence electrons. The lowest BCUT2D eigenvalue weighted by Crippen LogP contribution is -2.16. The van der Waals surface area contributed by atoms with Crippen molar-refractivity contribution in [3.8, 4) is 0 Å². The minimum atomic E-state index is -3.77. The lowest BCUT2D eigenvalue weighted by Gasteiger charge is -2.13. The van der Waals surface area contributed by atoms with Crippen molar-refractivity contribution in [2.45, 2.75) is 28.2 Å². The van der Waals surface area contributed by atoms with Crippen molar-refractivity contribution in [3.05, 3.63) is 90.6 Å². The maximum atomic E-state index is 13.6. The highest BCUT2D eigenvalue weighted by Crippen LogP contribution is 2.40. The van der Waals surface area contributed by atoms with E-state index >= 15 is 0 Å². The van der Waals surface area contributed by atoms with Gasteiger partial charge in [-0.25, -0.2) is 12.4 Å². The molecule has 4 aromatic rings. The fraction of sp³-hybridized carbons (Fsp3) is 0.130. The van der Waals surface area contributed by atoms with E-state index in [-0.39, 0.29) is 11.5 Å². The van der Waals surface area contributed by atoms with Crippen molar-refractivity contribution >= 4 is 32.7 Å². The normalized spacial score (nSPS) is 11.8. The molecule has 0 N–H and O–H groups in total. The van der Waals surface area contributed by atoms with Gasteiger partial charge in [0, 0.05) is 21.8 Å². The van der Waals surface area contributed by atoms with E-state index in [1.54, 1.807) is 36.0 Å². The number of hydrogen-bond donors (Lipinski definition) is 0. The number of ether oxygens (including phenoxy) is 1. The van der Waals surface area contributed by atoms with E-state index in [0.29, 0.717) is 17.8 Å². The fourth-order valence-electron chi connectivity index (χ4n) is 3.25. The number of rotatable bonds is 7. The Bertz CT molecular complexity index is 1220. The average molecular weight is 424 g/mol. The molecule has 0 radical (unpaired) electrons.